The zero-order valence-corrected chi connectivity index (χ0v) is 15.2. The van der Waals surface area contributed by atoms with Crippen LogP contribution in [0.3, 0.4) is 0 Å². The van der Waals surface area contributed by atoms with Crippen molar-refractivity contribution in [2.75, 3.05) is 13.2 Å². The fourth-order valence-corrected chi connectivity index (χ4v) is 3.76. The Bertz CT molecular complexity index is 616. The van der Waals surface area contributed by atoms with Gasteiger partial charge in [0.25, 0.3) is 0 Å². The van der Waals surface area contributed by atoms with Crippen molar-refractivity contribution in [1.82, 2.24) is 0 Å². The van der Waals surface area contributed by atoms with Gasteiger partial charge in [-0.1, -0.05) is 30.3 Å². The molecule has 3 fully saturated rings. The molecule has 0 aliphatic carbocycles. The summed E-state index contributed by atoms with van der Waals surface area (Å²) in [6.07, 6.45) is -0.827. The van der Waals surface area contributed by atoms with E-state index in [0.29, 0.717) is 13.2 Å². The Labute approximate surface area is 148 Å². The molecule has 4 rings (SSSR count). The van der Waals surface area contributed by atoms with Crippen molar-refractivity contribution in [3.63, 3.8) is 0 Å². The highest BCUT2D eigenvalue weighted by atomic mass is 16.9. The quantitative estimate of drug-likeness (QED) is 0.832. The van der Waals surface area contributed by atoms with Crippen LogP contribution < -0.4 is 0 Å². The minimum Gasteiger partial charge on any atom is -0.371 e. The van der Waals surface area contributed by atoms with Crippen LogP contribution in [0.4, 0.5) is 0 Å². The first-order chi connectivity index (χ1) is 11.8. The normalized spacial score (nSPS) is 38.3. The molecule has 0 saturated carbocycles. The minimum absolute atomic E-state index is 0.227. The third-order valence-corrected chi connectivity index (χ3v) is 4.71. The van der Waals surface area contributed by atoms with E-state index in [1.807, 2.05) is 58.0 Å². The smallest absolute Gasteiger partial charge is 0.224 e. The molecule has 0 amide bonds. The van der Waals surface area contributed by atoms with E-state index in [1.165, 1.54) is 0 Å². The standard InChI is InChI=1S/C19H26O6/c1-17(2)21-11-14-15(23-17)16-19(22-14,25-18(3,4)24-16)12-20-10-13-8-6-5-7-9-13/h5-9,14-16H,10-12H2,1-4H3/t14-,15+,16-,19-/m0/s1. The molecule has 3 aliphatic heterocycles. The SMILES string of the molecule is CC1(C)OC[C@@H]2O[C@@]3(COCc4ccccc4)OC(C)(C)O[C@H]3[C@@H]2O1. The molecule has 0 N–H and O–H groups in total. The van der Waals surface area contributed by atoms with Gasteiger partial charge in [0.15, 0.2) is 11.6 Å². The van der Waals surface area contributed by atoms with Gasteiger partial charge in [-0.05, 0) is 33.3 Å². The molecule has 138 valence electrons. The first kappa shape index (κ1) is 17.4. The van der Waals surface area contributed by atoms with Crippen molar-refractivity contribution in [2.24, 2.45) is 0 Å². The lowest BCUT2D eigenvalue weighted by molar-refractivity contribution is -0.331. The highest BCUT2D eigenvalue weighted by Crippen LogP contribution is 2.49. The van der Waals surface area contributed by atoms with Crippen molar-refractivity contribution in [1.29, 1.82) is 0 Å². The van der Waals surface area contributed by atoms with Crippen molar-refractivity contribution < 1.29 is 28.4 Å². The maximum atomic E-state index is 6.22. The zero-order chi connectivity index (χ0) is 17.7. The lowest BCUT2D eigenvalue weighted by Gasteiger charge is -2.38. The van der Waals surface area contributed by atoms with Crippen LogP contribution in [0, 0.1) is 0 Å². The number of hydrogen-bond donors (Lipinski definition) is 0. The molecule has 1 aromatic carbocycles. The Morgan fingerprint density at radius 3 is 2.52 bits per heavy atom. The molecule has 6 nitrogen and oxygen atoms in total. The second kappa shape index (κ2) is 6.01. The Morgan fingerprint density at radius 2 is 1.76 bits per heavy atom. The predicted molar refractivity (Wildman–Crippen MR) is 88.6 cm³/mol. The molecule has 3 heterocycles. The third-order valence-electron chi connectivity index (χ3n) is 4.71. The summed E-state index contributed by atoms with van der Waals surface area (Å²) >= 11 is 0. The van der Waals surface area contributed by atoms with Crippen LogP contribution in [0.2, 0.25) is 0 Å². The number of benzene rings is 1. The van der Waals surface area contributed by atoms with E-state index < -0.39 is 17.4 Å². The van der Waals surface area contributed by atoms with E-state index in [2.05, 4.69) is 0 Å². The molecular weight excluding hydrogens is 324 g/mol. The Morgan fingerprint density at radius 1 is 1.00 bits per heavy atom. The van der Waals surface area contributed by atoms with Crippen LogP contribution in [-0.4, -0.2) is 48.9 Å². The van der Waals surface area contributed by atoms with E-state index in [-0.39, 0.29) is 24.9 Å². The molecule has 0 aromatic heterocycles. The third kappa shape index (κ3) is 3.35. The first-order valence-corrected chi connectivity index (χ1v) is 8.78. The number of rotatable bonds is 4. The number of hydrogen-bond acceptors (Lipinski definition) is 6. The van der Waals surface area contributed by atoms with Crippen molar-refractivity contribution in [3.05, 3.63) is 35.9 Å². The van der Waals surface area contributed by atoms with E-state index in [1.54, 1.807) is 0 Å². The van der Waals surface area contributed by atoms with Crippen LogP contribution in [-0.2, 0) is 35.0 Å². The second-order valence-electron chi connectivity index (χ2n) is 7.78. The van der Waals surface area contributed by atoms with Crippen LogP contribution in [0.5, 0.6) is 0 Å². The molecule has 1 aromatic rings. The summed E-state index contributed by atoms with van der Waals surface area (Å²) < 4.78 is 36.2. The van der Waals surface area contributed by atoms with Crippen LogP contribution in [0.25, 0.3) is 0 Å². The predicted octanol–water partition coefficient (Wildman–Crippen LogP) is 2.60. The molecule has 25 heavy (non-hydrogen) atoms. The molecule has 0 unspecified atom stereocenters. The summed E-state index contributed by atoms with van der Waals surface area (Å²) in [4.78, 5) is 0. The topological polar surface area (TPSA) is 55.4 Å². The molecule has 0 bridgehead atoms. The fraction of sp³-hybridized carbons (Fsp3) is 0.684. The molecule has 4 atom stereocenters. The number of ether oxygens (including phenoxy) is 6. The Hall–Kier alpha value is -1.02. The maximum Gasteiger partial charge on any atom is 0.224 e. The van der Waals surface area contributed by atoms with Crippen LogP contribution in [0.15, 0.2) is 30.3 Å². The van der Waals surface area contributed by atoms with Gasteiger partial charge >= 0.3 is 0 Å². The van der Waals surface area contributed by atoms with Gasteiger partial charge in [-0.15, -0.1) is 0 Å². The summed E-state index contributed by atoms with van der Waals surface area (Å²) in [6, 6.07) is 10.0. The highest BCUT2D eigenvalue weighted by Gasteiger charge is 2.67. The zero-order valence-electron chi connectivity index (χ0n) is 15.2. The summed E-state index contributed by atoms with van der Waals surface area (Å²) in [5.41, 5.74) is 1.10. The van der Waals surface area contributed by atoms with Gasteiger partial charge in [0.2, 0.25) is 5.79 Å². The first-order valence-electron chi connectivity index (χ1n) is 8.78. The van der Waals surface area contributed by atoms with Gasteiger partial charge in [0, 0.05) is 0 Å². The van der Waals surface area contributed by atoms with Gasteiger partial charge in [-0.25, -0.2) is 0 Å². The second-order valence-corrected chi connectivity index (χ2v) is 7.78. The largest absolute Gasteiger partial charge is 0.371 e. The van der Waals surface area contributed by atoms with Gasteiger partial charge in [0.05, 0.1) is 13.2 Å². The fourth-order valence-electron chi connectivity index (χ4n) is 3.76. The summed E-state index contributed by atoms with van der Waals surface area (Å²) in [5, 5.41) is 0. The monoisotopic (exact) mass is 350 g/mol. The molecule has 0 radical (unpaired) electrons. The summed E-state index contributed by atoms with van der Waals surface area (Å²) in [7, 11) is 0. The van der Waals surface area contributed by atoms with Crippen molar-refractivity contribution >= 4 is 0 Å². The summed E-state index contributed by atoms with van der Waals surface area (Å²) in [6.45, 7) is 8.77. The molecule has 3 aliphatic rings. The number of fused-ring (bicyclic) bond motifs is 3. The van der Waals surface area contributed by atoms with Crippen molar-refractivity contribution in [3.8, 4) is 0 Å². The van der Waals surface area contributed by atoms with E-state index in [0.717, 1.165) is 5.56 Å². The van der Waals surface area contributed by atoms with Crippen molar-refractivity contribution in [2.45, 2.75) is 70.0 Å². The summed E-state index contributed by atoms with van der Waals surface area (Å²) in [5.74, 6) is -2.39. The van der Waals surface area contributed by atoms with E-state index >= 15 is 0 Å². The van der Waals surface area contributed by atoms with E-state index in [9.17, 15) is 0 Å². The average molecular weight is 350 g/mol. The van der Waals surface area contributed by atoms with Gasteiger partial charge < -0.3 is 28.4 Å². The highest BCUT2D eigenvalue weighted by molar-refractivity contribution is 5.13. The Kier molecular flexibility index (Phi) is 4.18. The lowest BCUT2D eigenvalue weighted by atomic mass is 10.0. The molecule has 0 spiro atoms. The van der Waals surface area contributed by atoms with Gasteiger partial charge in [-0.3, -0.25) is 0 Å². The lowest BCUT2D eigenvalue weighted by Crippen LogP contribution is -2.51. The Balaban J connectivity index is 1.49. The minimum atomic E-state index is -0.975. The molecule has 6 heteroatoms. The maximum absolute atomic E-state index is 6.22. The van der Waals surface area contributed by atoms with Crippen LogP contribution >= 0.6 is 0 Å². The van der Waals surface area contributed by atoms with E-state index in [4.69, 9.17) is 28.4 Å². The van der Waals surface area contributed by atoms with Crippen LogP contribution in [0.1, 0.15) is 33.3 Å². The molecular formula is C19H26O6. The average Bonchev–Trinajstić information content (AvgIpc) is 2.95. The van der Waals surface area contributed by atoms with Gasteiger partial charge in [-0.2, -0.15) is 0 Å². The molecule has 3 saturated heterocycles. The van der Waals surface area contributed by atoms with Gasteiger partial charge in [0.1, 0.15) is 24.9 Å².